The molecule has 6 rings (SSSR count). The van der Waals surface area contributed by atoms with E-state index in [-0.39, 0.29) is 23.3 Å². The molecule has 2 aliphatic heterocycles. The number of methoxy groups -OCH3 is 1. The van der Waals surface area contributed by atoms with Crippen molar-refractivity contribution >= 4 is 40.8 Å². The van der Waals surface area contributed by atoms with Crippen molar-refractivity contribution < 1.29 is 19.1 Å². The molecule has 1 amide bonds. The van der Waals surface area contributed by atoms with E-state index in [2.05, 4.69) is 25.9 Å². The maximum atomic E-state index is 13.4. The lowest BCUT2D eigenvalue weighted by atomic mass is 10.2. The average Bonchev–Trinajstić information content (AvgIpc) is 3.75. The van der Waals surface area contributed by atoms with Crippen molar-refractivity contribution in [1.82, 2.24) is 30.2 Å². The van der Waals surface area contributed by atoms with Gasteiger partial charge in [-0.3, -0.25) is 9.69 Å². The molecule has 5 heterocycles. The van der Waals surface area contributed by atoms with Crippen LogP contribution in [-0.2, 0) is 16.1 Å². The molecule has 1 unspecified atom stereocenters. The van der Waals surface area contributed by atoms with Crippen LogP contribution in [0.2, 0.25) is 0 Å². The zero-order valence-corrected chi connectivity index (χ0v) is 25.2. The van der Waals surface area contributed by atoms with Crippen LogP contribution in [0.1, 0.15) is 28.9 Å². The van der Waals surface area contributed by atoms with Gasteiger partial charge < -0.3 is 25.6 Å². The van der Waals surface area contributed by atoms with Crippen LogP contribution in [0, 0.1) is 0 Å². The number of aromatic nitrogens is 4. The fourth-order valence-corrected chi connectivity index (χ4v) is 5.33. The Bertz CT molecular complexity index is 1920. The second-order valence-corrected chi connectivity index (χ2v) is 10.7. The van der Waals surface area contributed by atoms with Crippen LogP contribution in [0.15, 0.2) is 96.4 Å². The van der Waals surface area contributed by atoms with Gasteiger partial charge in [-0.15, -0.1) is 5.10 Å². The summed E-state index contributed by atoms with van der Waals surface area (Å²) < 4.78 is 6.78. The van der Waals surface area contributed by atoms with E-state index in [4.69, 9.17) is 9.84 Å². The van der Waals surface area contributed by atoms with E-state index in [9.17, 15) is 14.4 Å². The third kappa shape index (κ3) is 6.22. The van der Waals surface area contributed by atoms with E-state index >= 15 is 0 Å². The fraction of sp³-hybridized carbons (Fsp3) is 0.212. The first-order valence-corrected chi connectivity index (χ1v) is 14.6. The molecule has 13 heteroatoms. The Balaban J connectivity index is 1.33. The molecule has 1 saturated heterocycles. The van der Waals surface area contributed by atoms with Gasteiger partial charge in [-0.05, 0) is 48.4 Å². The van der Waals surface area contributed by atoms with Crippen molar-refractivity contribution in [2.75, 3.05) is 35.8 Å². The predicted octanol–water partition coefficient (Wildman–Crippen LogP) is 3.01. The highest BCUT2D eigenvalue weighted by atomic mass is 16.5. The van der Waals surface area contributed by atoms with Crippen molar-refractivity contribution in [1.29, 1.82) is 0 Å². The van der Waals surface area contributed by atoms with Crippen molar-refractivity contribution in [2.45, 2.75) is 25.4 Å². The number of amides is 1. The summed E-state index contributed by atoms with van der Waals surface area (Å²) in [7, 11) is 3.54. The Kier molecular flexibility index (Phi) is 8.60. The Labute approximate surface area is 264 Å². The number of nitrogens with zero attached hydrogens (tertiary/aromatic N) is 6. The number of imidazole rings is 1. The van der Waals surface area contributed by atoms with Gasteiger partial charge in [-0.25, -0.2) is 24.1 Å². The number of allylic oxidation sites excluding steroid dienone is 3. The van der Waals surface area contributed by atoms with Gasteiger partial charge >= 0.3 is 0 Å². The number of nitrogens with one attached hydrogen (secondary N) is 3. The Morgan fingerprint density at radius 1 is 1.15 bits per heavy atom. The summed E-state index contributed by atoms with van der Waals surface area (Å²) >= 11 is 0. The van der Waals surface area contributed by atoms with E-state index in [1.165, 1.54) is 10.7 Å². The summed E-state index contributed by atoms with van der Waals surface area (Å²) in [6.07, 6.45) is 9.69. The lowest BCUT2D eigenvalue weighted by molar-refractivity contribution is 0.0943. The first kappa shape index (κ1) is 29.9. The van der Waals surface area contributed by atoms with Crippen LogP contribution >= 0.6 is 0 Å². The largest absolute Gasteiger partial charge is 0.497 e. The van der Waals surface area contributed by atoms with E-state index in [0.717, 1.165) is 17.7 Å². The number of carbonyl (C=O) groups is 1. The van der Waals surface area contributed by atoms with E-state index in [1.807, 2.05) is 60.2 Å². The normalized spacial score (nSPS) is 15.6. The zero-order chi connectivity index (χ0) is 32.0. The first-order chi connectivity index (χ1) is 22.5. The summed E-state index contributed by atoms with van der Waals surface area (Å²) in [5, 5.41) is 14.0. The summed E-state index contributed by atoms with van der Waals surface area (Å²) in [5.74, 6) is 5.21. The molecule has 3 aromatic heterocycles. The molecular formula is C33H31N9O4. The standard InChI is InChI=1S/C33H31N9O4/c1-40(19-22-8-12-25(46-2)13-9-22)27-16-30(38-26-6-5-15-41(29(26)21-44)31-7-3-4-14-34-31)39-42-28(18-35-32(27)42)33(45)36-17-23-10-11-24(20-43)37-23/h3-9,12-16,18,23,37H,10-11,17,19H2,1-2H3,(H,36,45)(H,38,39). The number of pyridine rings is 1. The maximum Gasteiger partial charge on any atom is 0.271 e. The van der Waals surface area contributed by atoms with Crippen molar-refractivity contribution in [2.24, 2.45) is 0 Å². The Hall–Kier alpha value is -6.16. The van der Waals surface area contributed by atoms with Gasteiger partial charge in [0.2, 0.25) is 0 Å². The van der Waals surface area contributed by atoms with Crippen LogP contribution in [0.5, 0.6) is 5.75 Å². The van der Waals surface area contributed by atoms with Crippen molar-refractivity contribution in [3.05, 3.63) is 108 Å². The molecule has 0 spiro atoms. The first-order valence-electron chi connectivity index (χ1n) is 14.6. The highest BCUT2D eigenvalue weighted by molar-refractivity contribution is 5.94. The van der Waals surface area contributed by atoms with Gasteiger partial charge in [0.25, 0.3) is 5.91 Å². The SMILES string of the molecule is COc1ccc(CN(C)c2cc(NC3=CC=CN(c4ccccn4)C3=C=O)nn3c(C(=O)NCC4CCC(=C=O)N4)cnc23)cc1. The minimum Gasteiger partial charge on any atom is -0.497 e. The molecule has 2 aliphatic rings. The molecule has 13 nitrogen and oxygen atoms in total. The van der Waals surface area contributed by atoms with Crippen LogP contribution in [-0.4, -0.2) is 64.1 Å². The number of hydrogen-bond acceptors (Lipinski definition) is 11. The monoisotopic (exact) mass is 617 g/mol. The van der Waals surface area contributed by atoms with Gasteiger partial charge in [-0.1, -0.05) is 18.2 Å². The molecule has 0 aliphatic carbocycles. The van der Waals surface area contributed by atoms with Gasteiger partial charge in [0, 0.05) is 51.1 Å². The van der Waals surface area contributed by atoms with Gasteiger partial charge in [0.15, 0.2) is 28.8 Å². The number of fused-ring (bicyclic) bond motifs is 1. The average molecular weight is 618 g/mol. The number of carbonyl (C=O) groups excluding carboxylic acids is 3. The molecule has 46 heavy (non-hydrogen) atoms. The third-order valence-electron chi connectivity index (χ3n) is 7.67. The highest BCUT2D eigenvalue weighted by Gasteiger charge is 2.24. The zero-order valence-electron chi connectivity index (χ0n) is 25.2. The molecule has 0 bridgehead atoms. The van der Waals surface area contributed by atoms with Gasteiger partial charge in [0.1, 0.15) is 17.5 Å². The van der Waals surface area contributed by atoms with Crippen molar-refractivity contribution in [3.63, 3.8) is 0 Å². The number of anilines is 3. The maximum absolute atomic E-state index is 13.4. The number of ether oxygens (including phenoxy) is 1. The lowest BCUT2D eigenvalue weighted by Crippen LogP contribution is -2.37. The molecule has 4 aromatic rings. The molecule has 1 atom stereocenters. The minimum atomic E-state index is -0.374. The summed E-state index contributed by atoms with van der Waals surface area (Å²) in [4.78, 5) is 49.2. The summed E-state index contributed by atoms with van der Waals surface area (Å²) in [6.45, 7) is 0.839. The van der Waals surface area contributed by atoms with Gasteiger partial charge in [-0.2, -0.15) is 0 Å². The molecule has 1 fully saturated rings. The van der Waals surface area contributed by atoms with E-state index in [0.29, 0.717) is 53.9 Å². The topological polar surface area (TPSA) is 146 Å². The van der Waals surface area contributed by atoms with Crippen LogP contribution in [0.25, 0.3) is 5.65 Å². The smallest absolute Gasteiger partial charge is 0.271 e. The molecule has 3 N–H and O–H groups in total. The number of benzene rings is 1. The molecule has 0 radical (unpaired) electrons. The molecule has 232 valence electrons. The minimum absolute atomic E-state index is 0.0714. The lowest BCUT2D eigenvalue weighted by Gasteiger charge is -2.25. The van der Waals surface area contributed by atoms with Crippen molar-refractivity contribution in [3.8, 4) is 5.75 Å². The van der Waals surface area contributed by atoms with Gasteiger partial charge in [0.05, 0.1) is 30.4 Å². The molecule has 1 aromatic carbocycles. The summed E-state index contributed by atoms with van der Waals surface area (Å²) in [5.41, 5.74) is 3.58. The fourth-order valence-electron chi connectivity index (χ4n) is 5.33. The van der Waals surface area contributed by atoms with Crippen LogP contribution < -0.4 is 30.5 Å². The second kappa shape index (κ2) is 13.2. The van der Waals surface area contributed by atoms with E-state index < -0.39 is 0 Å². The highest BCUT2D eigenvalue weighted by Crippen LogP contribution is 2.29. The third-order valence-corrected chi connectivity index (χ3v) is 7.67. The molecule has 0 saturated carbocycles. The van der Waals surface area contributed by atoms with Crippen LogP contribution in [0.3, 0.4) is 0 Å². The second-order valence-electron chi connectivity index (χ2n) is 10.7. The van der Waals surface area contributed by atoms with E-state index in [1.54, 1.807) is 48.7 Å². The predicted molar refractivity (Wildman–Crippen MR) is 173 cm³/mol. The van der Waals surface area contributed by atoms with Crippen LogP contribution in [0.4, 0.5) is 17.3 Å². The number of rotatable bonds is 10. The summed E-state index contributed by atoms with van der Waals surface area (Å²) in [6, 6.07) is 14.9. The molecular weight excluding hydrogens is 586 g/mol. The Morgan fingerprint density at radius 3 is 2.72 bits per heavy atom. The number of hydrogen-bond donors (Lipinski definition) is 3. The quantitative estimate of drug-likeness (QED) is 0.226. The Morgan fingerprint density at radius 2 is 2.00 bits per heavy atom.